The molecular weight excluding hydrogens is 697 g/mol. The molecule has 5 aliphatic rings. The monoisotopic (exact) mass is 740 g/mol. The van der Waals surface area contributed by atoms with Gasteiger partial charge < -0.3 is 14.6 Å². The molecule has 2 aliphatic heterocycles. The van der Waals surface area contributed by atoms with E-state index in [2.05, 4.69) is 204 Å². The van der Waals surface area contributed by atoms with Gasteiger partial charge in [0.1, 0.15) is 17.7 Å². The van der Waals surface area contributed by atoms with Gasteiger partial charge in [0, 0.05) is 33.9 Å². The molecule has 6 unspecified atom stereocenters. The van der Waals surface area contributed by atoms with E-state index in [0.717, 1.165) is 35.4 Å². The van der Waals surface area contributed by atoms with Crippen molar-refractivity contribution in [3.63, 3.8) is 0 Å². The van der Waals surface area contributed by atoms with Crippen LogP contribution in [0.4, 0.5) is 0 Å². The first-order valence-corrected chi connectivity index (χ1v) is 20.3. The highest BCUT2D eigenvalue weighted by atomic mass is 16.5. The second-order valence-electron chi connectivity index (χ2n) is 16.0. The van der Waals surface area contributed by atoms with Gasteiger partial charge in [0.2, 0.25) is 0 Å². The lowest BCUT2D eigenvalue weighted by Crippen LogP contribution is -2.58. The largest absolute Gasteiger partial charge is 0.365 e. The van der Waals surface area contributed by atoms with Gasteiger partial charge in [-0.05, 0) is 83.5 Å². The quantitative estimate of drug-likeness (QED) is 0.179. The molecule has 6 aromatic rings. The number of para-hydroxylation sites is 1. The maximum absolute atomic E-state index is 6.96. The molecule has 5 aromatic carbocycles. The highest BCUT2D eigenvalue weighted by molar-refractivity contribution is 6.11. The number of amidine groups is 1. The Morgan fingerprint density at radius 3 is 2.32 bits per heavy atom. The zero-order chi connectivity index (χ0) is 37.9. The number of nitrogens with zero attached hydrogens (tertiary/aromatic N) is 2. The van der Waals surface area contributed by atoms with Crippen molar-refractivity contribution in [1.82, 2.24) is 15.2 Å². The van der Waals surface area contributed by atoms with Crippen LogP contribution in [0, 0.1) is 11.8 Å². The summed E-state index contributed by atoms with van der Waals surface area (Å²) >= 11 is 0. The first-order valence-electron chi connectivity index (χ1n) is 20.3. The van der Waals surface area contributed by atoms with E-state index in [4.69, 9.17) is 9.73 Å². The highest BCUT2D eigenvalue weighted by Gasteiger charge is 2.46. The maximum Gasteiger partial charge on any atom is 0.131 e. The van der Waals surface area contributed by atoms with Crippen LogP contribution < -0.4 is 10.6 Å². The lowest BCUT2D eigenvalue weighted by atomic mass is 9.79. The summed E-state index contributed by atoms with van der Waals surface area (Å²) in [5.41, 5.74) is 11.6. The van der Waals surface area contributed by atoms with Crippen LogP contribution in [0.5, 0.6) is 0 Å². The molecule has 57 heavy (non-hydrogen) atoms. The summed E-state index contributed by atoms with van der Waals surface area (Å²) < 4.78 is 9.45. The Kier molecular flexibility index (Phi) is 8.20. The van der Waals surface area contributed by atoms with Crippen LogP contribution in [0.15, 0.2) is 193 Å². The number of aromatic nitrogens is 1. The first kappa shape index (κ1) is 34.0. The number of benzene rings is 5. The fourth-order valence-electron chi connectivity index (χ4n) is 9.65. The van der Waals surface area contributed by atoms with Gasteiger partial charge in [-0.2, -0.15) is 0 Å². The third kappa shape index (κ3) is 5.89. The number of aliphatic imine (C=N–C) groups is 1. The van der Waals surface area contributed by atoms with E-state index in [1.165, 1.54) is 49.8 Å². The van der Waals surface area contributed by atoms with Gasteiger partial charge in [-0.1, -0.05) is 152 Å². The van der Waals surface area contributed by atoms with E-state index in [9.17, 15) is 0 Å². The molecule has 1 fully saturated rings. The molecule has 0 saturated carbocycles. The van der Waals surface area contributed by atoms with Crippen LogP contribution in [-0.4, -0.2) is 22.6 Å². The lowest BCUT2D eigenvalue weighted by Gasteiger charge is -2.41. The lowest BCUT2D eigenvalue weighted by molar-refractivity contribution is 0.0885. The average Bonchev–Trinajstić information content (AvgIpc) is 3.82. The molecule has 0 bridgehead atoms. The Bertz CT molecular complexity index is 2750. The van der Waals surface area contributed by atoms with Gasteiger partial charge in [-0.3, -0.25) is 5.32 Å². The third-order valence-corrected chi connectivity index (χ3v) is 12.5. The van der Waals surface area contributed by atoms with E-state index < -0.39 is 5.66 Å². The van der Waals surface area contributed by atoms with Gasteiger partial charge >= 0.3 is 0 Å². The van der Waals surface area contributed by atoms with E-state index >= 15 is 0 Å². The molecule has 11 rings (SSSR count). The molecule has 1 saturated heterocycles. The summed E-state index contributed by atoms with van der Waals surface area (Å²) in [7, 11) is 0. The van der Waals surface area contributed by atoms with Crippen molar-refractivity contribution in [1.29, 1.82) is 0 Å². The Morgan fingerprint density at radius 2 is 1.49 bits per heavy atom. The molecule has 278 valence electrons. The Balaban J connectivity index is 0.931. The molecule has 2 N–H and O–H groups in total. The maximum atomic E-state index is 6.96. The van der Waals surface area contributed by atoms with Gasteiger partial charge in [0.25, 0.3) is 0 Å². The summed E-state index contributed by atoms with van der Waals surface area (Å²) in [5.74, 6) is 1.19. The summed E-state index contributed by atoms with van der Waals surface area (Å²) in [6.07, 6.45) is 22.1. The predicted octanol–water partition coefficient (Wildman–Crippen LogP) is 11.3. The van der Waals surface area contributed by atoms with E-state index in [1.807, 2.05) is 0 Å². The van der Waals surface area contributed by atoms with Crippen LogP contribution >= 0.6 is 0 Å². The molecular formula is C52H44N4O. The van der Waals surface area contributed by atoms with Crippen molar-refractivity contribution >= 4 is 38.9 Å². The summed E-state index contributed by atoms with van der Waals surface area (Å²) in [4.78, 5) is 5.32. The minimum absolute atomic E-state index is 0.0430. The number of hydrogen-bond acceptors (Lipinski definition) is 4. The molecule has 0 amide bonds. The van der Waals surface area contributed by atoms with Crippen LogP contribution in [0.1, 0.15) is 42.6 Å². The number of ether oxygens (including phenoxy) is 1. The van der Waals surface area contributed by atoms with Crippen LogP contribution in [-0.2, 0) is 10.4 Å². The van der Waals surface area contributed by atoms with E-state index in [1.54, 1.807) is 0 Å². The van der Waals surface area contributed by atoms with Crippen LogP contribution in [0.2, 0.25) is 0 Å². The van der Waals surface area contributed by atoms with Crippen LogP contribution in [0.25, 0.3) is 44.2 Å². The van der Waals surface area contributed by atoms with Crippen molar-refractivity contribution in [2.24, 2.45) is 16.8 Å². The fourth-order valence-corrected chi connectivity index (χ4v) is 9.65. The number of fused-ring (bicyclic) bond motifs is 6. The normalized spacial score (nSPS) is 26.3. The molecule has 3 heterocycles. The summed E-state index contributed by atoms with van der Waals surface area (Å²) in [5, 5.41) is 10.2. The minimum Gasteiger partial charge on any atom is -0.365 e. The Labute approximate surface area is 333 Å². The Hall–Kier alpha value is -6.27. The van der Waals surface area contributed by atoms with Gasteiger partial charge in [0.15, 0.2) is 0 Å². The second kappa shape index (κ2) is 13.7. The molecule has 0 spiro atoms. The number of allylic oxidation sites excluding steroid dienone is 6. The van der Waals surface area contributed by atoms with Crippen molar-refractivity contribution in [2.75, 3.05) is 0 Å². The van der Waals surface area contributed by atoms with Gasteiger partial charge in [-0.25, -0.2) is 4.99 Å². The number of hydrogen-bond donors (Lipinski definition) is 2. The van der Waals surface area contributed by atoms with Gasteiger partial charge in [0.05, 0.1) is 23.2 Å². The SMILES string of the molecule is CC1(c2ccc(C3=CC=CCC3)cc2)NC(C2=CC3OC4C=CC=C(n5c6ccccc6c6cc(-c7ccccc7)ccc65)C4C3C=C2)=NC(c2ccccc2)N1. The van der Waals surface area contributed by atoms with Gasteiger partial charge in [-0.15, -0.1) is 0 Å². The average molecular weight is 741 g/mol. The van der Waals surface area contributed by atoms with E-state index in [0.29, 0.717) is 0 Å². The number of nitrogens with one attached hydrogen (secondary N) is 2. The smallest absolute Gasteiger partial charge is 0.131 e. The zero-order valence-corrected chi connectivity index (χ0v) is 31.9. The topological polar surface area (TPSA) is 50.6 Å². The van der Waals surface area contributed by atoms with Crippen molar-refractivity contribution in [2.45, 2.75) is 43.8 Å². The minimum atomic E-state index is -0.567. The van der Waals surface area contributed by atoms with E-state index in [-0.39, 0.29) is 30.2 Å². The van der Waals surface area contributed by atoms with Crippen molar-refractivity contribution in [3.05, 3.63) is 204 Å². The molecule has 3 aliphatic carbocycles. The van der Waals surface area contributed by atoms with Crippen LogP contribution in [0.3, 0.4) is 0 Å². The molecule has 5 heteroatoms. The second-order valence-corrected chi connectivity index (χ2v) is 16.0. The molecule has 6 atom stereocenters. The highest BCUT2D eigenvalue weighted by Crippen LogP contribution is 2.48. The molecule has 0 radical (unpaired) electrons. The molecule has 1 aromatic heterocycles. The standard InChI is InChI=1S/C52H44N4O/c1-52(40-28-24-36(25-29-40)34-14-5-2-6-15-34)54-50(37-18-9-4-10-19-37)53-51(55-52)39-26-30-42-48(33-39)57-47-23-13-22-46(49(42)47)56-44-21-12-11-20-41(44)43-32-38(27-31-45(43)56)35-16-7-3-8-17-35/h2-5,7-14,16-33,42,47-50,54H,6,15H2,1H3,(H,53,55). The third-order valence-electron chi connectivity index (χ3n) is 12.5. The Morgan fingerprint density at radius 1 is 0.719 bits per heavy atom. The summed E-state index contributed by atoms with van der Waals surface area (Å²) in [6, 6.07) is 46.0. The predicted molar refractivity (Wildman–Crippen MR) is 234 cm³/mol. The number of rotatable bonds is 6. The first-order chi connectivity index (χ1) is 28.1. The van der Waals surface area contributed by atoms with Crippen molar-refractivity contribution < 1.29 is 4.74 Å². The molecule has 5 nitrogen and oxygen atoms in total. The van der Waals surface area contributed by atoms with Crippen molar-refractivity contribution in [3.8, 4) is 11.1 Å². The summed E-state index contributed by atoms with van der Waals surface area (Å²) in [6.45, 7) is 2.22. The zero-order valence-electron chi connectivity index (χ0n) is 31.9. The fraction of sp³-hybridized carbons (Fsp3) is 0.173.